The van der Waals surface area contributed by atoms with Gasteiger partial charge >= 0.3 is 0 Å². The zero-order chi connectivity index (χ0) is 17.8. The molecule has 6 heteroatoms. The van der Waals surface area contributed by atoms with Gasteiger partial charge < -0.3 is 4.42 Å². The standard InChI is InChI=1S/C19H11ClN2O3/c20-16-6-4-13(5-7-16)15(12-21)11-18-8-9-19(25-18)14-2-1-3-17(10-14)22(23)24/h1-11H/b15-11-. The van der Waals surface area contributed by atoms with Crippen LogP contribution in [0.1, 0.15) is 11.3 Å². The monoisotopic (exact) mass is 350 g/mol. The Morgan fingerprint density at radius 2 is 1.92 bits per heavy atom. The highest BCUT2D eigenvalue weighted by Crippen LogP contribution is 2.27. The van der Waals surface area contributed by atoms with Gasteiger partial charge in [0.1, 0.15) is 11.5 Å². The van der Waals surface area contributed by atoms with E-state index in [0.717, 1.165) is 5.56 Å². The second kappa shape index (κ2) is 7.04. The van der Waals surface area contributed by atoms with Crippen molar-refractivity contribution in [1.82, 2.24) is 0 Å². The predicted molar refractivity (Wildman–Crippen MR) is 95.7 cm³/mol. The first kappa shape index (κ1) is 16.5. The van der Waals surface area contributed by atoms with Crippen molar-refractivity contribution < 1.29 is 9.34 Å². The van der Waals surface area contributed by atoms with Gasteiger partial charge in [-0.05, 0) is 35.9 Å². The number of nitro benzene ring substituents is 1. The van der Waals surface area contributed by atoms with Crippen LogP contribution in [0.4, 0.5) is 5.69 Å². The number of allylic oxidation sites excluding steroid dienone is 1. The Morgan fingerprint density at radius 1 is 1.16 bits per heavy atom. The number of furan rings is 1. The average molecular weight is 351 g/mol. The van der Waals surface area contributed by atoms with E-state index in [9.17, 15) is 15.4 Å². The quantitative estimate of drug-likeness (QED) is 0.350. The van der Waals surface area contributed by atoms with Crippen molar-refractivity contribution in [1.29, 1.82) is 5.26 Å². The first-order valence-electron chi connectivity index (χ1n) is 7.29. The minimum absolute atomic E-state index is 0.00938. The molecule has 1 aromatic heterocycles. The van der Waals surface area contributed by atoms with Crippen LogP contribution in [-0.4, -0.2) is 4.92 Å². The minimum Gasteiger partial charge on any atom is -0.457 e. The molecule has 0 radical (unpaired) electrons. The molecule has 122 valence electrons. The molecule has 25 heavy (non-hydrogen) atoms. The molecule has 2 aromatic carbocycles. The summed E-state index contributed by atoms with van der Waals surface area (Å²) >= 11 is 5.86. The molecular formula is C19H11ClN2O3. The van der Waals surface area contributed by atoms with Gasteiger partial charge in [0, 0.05) is 22.7 Å². The molecule has 3 aromatic rings. The smallest absolute Gasteiger partial charge is 0.270 e. The molecule has 0 saturated carbocycles. The number of nitrogens with zero attached hydrogens (tertiary/aromatic N) is 2. The van der Waals surface area contributed by atoms with E-state index in [0.29, 0.717) is 27.7 Å². The van der Waals surface area contributed by atoms with Gasteiger partial charge in [-0.15, -0.1) is 0 Å². The molecule has 0 saturated heterocycles. The molecule has 0 atom stereocenters. The Balaban J connectivity index is 1.93. The Bertz CT molecular complexity index is 998. The highest BCUT2D eigenvalue weighted by Gasteiger charge is 2.10. The highest BCUT2D eigenvalue weighted by molar-refractivity contribution is 6.30. The molecule has 5 nitrogen and oxygen atoms in total. The summed E-state index contributed by atoms with van der Waals surface area (Å²) in [6, 6.07) is 18.6. The van der Waals surface area contributed by atoms with Gasteiger partial charge in [-0.1, -0.05) is 35.9 Å². The van der Waals surface area contributed by atoms with E-state index in [2.05, 4.69) is 6.07 Å². The maximum absolute atomic E-state index is 10.9. The van der Waals surface area contributed by atoms with Crippen molar-refractivity contribution in [2.75, 3.05) is 0 Å². The second-order valence-corrected chi connectivity index (χ2v) is 5.62. The first-order chi connectivity index (χ1) is 12.1. The maximum Gasteiger partial charge on any atom is 0.270 e. The van der Waals surface area contributed by atoms with Gasteiger partial charge in [-0.3, -0.25) is 10.1 Å². The number of hydrogen-bond donors (Lipinski definition) is 0. The van der Waals surface area contributed by atoms with Crippen LogP contribution in [0.3, 0.4) is 0 Å². The first-order valence-corrected chi connectivity index (χ1v) is 7.67. The number of nitriles is 1. The van der Waals surface area contributed by atoms with E-state index in [1.54, 1.807) is 54.6 Å². The SMILES string of the molecule is N#C/C(=C/c1ccc(-c2cccc([N+](=O)[O-])c2)o1)c1ccc(Cl)cc1. The average Bonchev–Trinajstić information content (AvgIpc) is 3.09. The van der Waals surface area contributed by atoms with Crippen LogP contribution in [0.25, 0.3) is 23.0 Å². The molecule has 1 heterocycles. The molecule has 0 spiro atoms. The fourth-order valence-electron chi connectivity index (χ4n) is 2.31. The van der Waals surface area contributed by atoms with Gasteiger partial charge in [-0.2, -0.15) is 5.26 Å². The van der Waals surface area contributed by atoms with Gasteiger partial charge in [-0.25, -0.2) is 0 Å². The zero-order valence-electron chi connectivity index (χ0n) is 12.8. The third kappa shape index (κ3) is 3.77. The lowest BCUT2D eigenvalue weighted by atomic mass is 10.1. The van der Waals surface area contributed by atoms with Crippen molar-refractivity contribution >= 4 is 28.9 Å². The zero-order valence-corrected chi connectivity index (χ0v) is 13.6. The molecule has 3 rings (SSSR count). The minimum atomic E-state index is -0.457. The van der Waals surface area contributed by atoms with Crippen molar-refractivity contribution in [3.05, 3.63) is 87.1 Å². The molecule has 0 amide bonds. The van der Waals surface area contributed by atoms with E-state index in [4.69, 9.17) is 16.0 Å². The summed E-state index contributed by atoms with van der Waals surface area (Å²) in [5.74, 6) is 0.969. The second-order valence-electron chi connectivity index (χ2n) is 5.19. The van der Waals surface area contributed by atoms with Gasteiger partial charge in [0.15, 0.2) is 0 Å². The summed E-state index contributed by atoms with van der Waals surface area (Å²) in [5, 5.41) is 20.8. The largest absolute Gasteiger partial charge is 0.457 e. The maximum atomic E-state index is 10.9. The fraction of sp³-hybridized carbons (Fsp3) is 0. The summed E-state index contributed by atoms with van der Waals surface area (Å²) in [6.07, 6.45) is 1.62. The normalized spacial score (nSPS) is 11.1. The Hall–Kier alpha value is -3.36. The van der Waals surface area contributed by atoms with Gasteiger partial charge in [0.05, 0.1) is 16.6 Å². The van der Waals surface area contributed by atoms with Crippen LogP contribution in [0.15, 0.2) is 65.1 Å². The number of nitro groups is 1. The van der Waals surface area contributed by atoms with Crippen LogP contribution in [0, 0.1) is 21.4 Å². The number of benzene rings is 2. The molecular weight excluding hydrogens is 340 g/mol. The number of halogens is 1. The topological polar surface area (TPSA) is 80.1 Å². The van der Waals surface area contributed by atoms with E-state index >= 15 is 0 Å². The van der Waals surface area contributed by atoms with Crippen LogP contribution in [0.2, 0.25) is 5.02 Å². The van der Waals surface area contributed by atoms with Crippen LogP contribution < -0.4 is 0 Å². The molecule has 0 aliphatic carbocycles. The summed E-state index contributed by atoms with van der Waals surface area (Å²) in [7, 11) is 0. The molecule has 0 unspecified atom stereocenters. The highest BCUT2D eigenvalue weighted by atomic mass is 35.5. The van der Waals surface area contributed by atoms with Crippen LogP contribution >= 0.6 is 11.6 Å². The summed E-state index contributed by atoms with van der Waals surface area (Å²) in [4.78, 5) is 10.4. The molecule has 0 bridgehead atoms. The Kier molecular flexibility index (Phi) is 4.64. The van der Waals surface area contributed by atoms with Gasteiger partial charge in [0.2, 0.25) is 0 Å². The predicted octanol–water partition coefficient (Wildman–Crippen LogP) is 5.57. The van der Waals surface area contributed by atoms with Crippen molar-refractivity contribution in [2.24, 2.45) is 0 Å². The third-order valence-electron chi connectivity index (χ3n) is 3.53. The van der Waals surface area contributed by atoms with E-state index in [1.807, 2.05) is 0 Å². The fourth-order valence-corrected chi connectivity index (χ4v) is 2.44. The van der Waals surface area contributed by atoms with Gasteiger partial charge in [0.25, 0.3) is 5.69 Å². The summed E-state index contributed by atoms with van der Waals surface area (Å²) in [6.45, 7) is 0. The number of hydrogen-bond acceptors (Lipinski definition) is 4. The summed E-state index contributed by atoms with van der Waals surface area (Å²) < 4.78 is 5.71. The number of rotatable bonds is 4. The molecule has 0 fully saturated rings. The van der Waals surface area contributed by atoms with Crippen molar-refractivity contribution in [3.8, 4) is 17.4 Å². The van der Waals surface area contributed by atoms with E-state index in [1.165, 1.54) is 12.1 Å². The van der Waals surface area contributed by atoms with E-state index in [-0.39, 0.29) is 5.69 Å². The van der Waals surface area contributed by atoms with Crippen LogP contribution in [-0.2, 0) is 0 Å². The Labute approximate surface area is 148 Å². The molecule has 0 aliphatic rings. The molecule has 0 aliphatic heterocycles. The van der Waals surface area contributed by atoms with Crippen molar-refractivity contribution in [2.45, 2.75) is 0 Å². The lowest BCUT2D eigenvalue weighted by Crippen LogP contribution is -1.87. The van der Waals surface area contributed by atoms with Crippen LogP contribution in [0.5, 0.6) is 0 Å². The molecule has 0 N–H and O–H groups in total. The number of non-ortho nitro benzene ring substituents is 1. The third-order valence-corrected chi connectivity index (χ3v) is 3.78. The Morgan fingerprint density at radius 3 is 2.60 bits per heavy atom. The summed E-state index contributed by atoms with van der Waals surface area (Å²) in [5.41, 5.74) is 1.74. The van der Waals surface area contributed by atoms with Crippen molar-refractivity contribution in [3.63, 3.8) is 0 Å². The van der Waals surface area contributed by atoms with E-state index < -0.39 is 4.92 Å². The lowest BCUT2D eigenvalue weighted by molar-refractivity contribution is -0.384. The lowest BCUT2D eigenvalue weighted by Gasteiger charge is -1.99.